The first-order valence-corrected chi connectivity index (χ1v) is 7.88. The van der Waals surface area contributed by atoms with Crippen LogP contribution in [0.1, 0.15) is 52.3 Å². The molecule has 0 saturated heterocycles. The third kappa shape index (κ3) is 6.15. The van der Waals surface area contributed by atoms with Crippen LogP contribution in [0.2, 0.25) is 0 Å². The van der Waals surface area contributed by atoms with Gasteiger partial charge in [-0.15, -0.1) is 0 Å². The van der Waals surface area contributed by atoms with E-state index in [-0.39, 0.29) is 0 Å². The predicted molar refractivity (Wildman–Crippen MR) is 89.6 cm³/mol. The van der Waals surface area contributed by atoms with Crippen LogP contribution in [0.15, 0.2) is 12.8 Å². The molecular formula is C17H29N3O. The van der Waals surface area contributed by atoms with Gasteiger partial charge < -0.3 is 10.1 Å². The van der Waals surface area contributed by atoms with Gasteiger partial charge in [0.25, 0.3) is 0 Å². The molecule has 1 aromatic heterocycles. The third-order valence-electron chi connectivity index (χ3n) is 3.51. The molecule has 0 aliphatic carbocycles. The fraction of sp³-hybridized carbons (Fsp3) is 0.647. The minimum absolute atomic E-state index is 0.618. The standard InChI is InChI=1S/C17H29N3O/c1-6-8-9-14(10-13(3)4)11-19-17-15(21-5)12-18-16(7-2)20-17/h7,12-14H,2,6,8-11H2,1,3-5H3,(H,18,19,20)/t14-/m0/s1. The highest BCUT2D eigenvalue weighted by molar-refractivity contribution is 5.52. The van der Waals surface area contributed by atoms with Crippen molar-refractivity contribution >= 4 is 11.9 Å². The summed E-state index contributed by atoms with van der Waals surface area (Å²) in [6.07, 6.45) is 8.34. The number of rotatable bonds is 10. The van der Waals surface area contributed by atoms with Crippen molar-refractivity contribution in [1.82, 2.24) is 9.97 Å². The number of hydrogen-bond donors (Lipinski definition) is 1. The van der Waals surface area contributed by atoms with Gasteiger partial charge in [-0.1, -0.05) is 40.2 Å². The molecule has 0 unspecified atom stereocenters. The van der Waals surface area contributed by atoms with E-state index in [1.165, 1.54) is 25.7 Å². The Kier molecular flexibility index (Phi) is 7.80. The van der Waals surface area contributed by atoms with Gasteiger partial charge in [-0.2, -0.15) is 0 Å². The highest BCUT2D eigenvalue weighted by atomic mass is 16.5. The second-order valence-electron chi connectivity index (χ2n) is 5.87. The molecule has 1 atom stereocenters. The lowest BCUT2D eigenvalue weighted by molar-refractivity contribution is 0.388. The van der Waals surface area contributed by atoms with Crippen LogP contribution in [0.5, 0.6) is 5.75 Å². The number of hydrogen-bond acceptors (Lipinski definition) is 4. The zero-order chi connectivity index (χ0) is 15.7. The quantitative estimate of drug-likeness (QED) is 0.694. The number of aromatic nitrogens is 2. The van der Waals surface area contributed by atoms with E-state index in [0.29, 0.717) is 23.4 Å². The number of nitrogens with zero attached hydrogens (tertiary/aromatic N) is 2. The molecule has 1 heterocycles. The summed E-state index contributed by atoms with van der Waals surface area (Å²) in [4.78, 5) is 8.59. The van der Waals surface area contributed by atoms with Crippen LogP contribution >= 0.6 is 0 Å². The molecule has 0 aliphatic rings. The van der Waals surface area contributed by atoms with Gasteiger partial charge in [-0.3, -0.25) is 0 Å². The molecular weight excluding hydrogens is 262 g/mol. The first kappa shape index (κ1) is 17.5. The zero-order valence-electron chi connectivity index (χ0n) is 13.9. The average molecular weight is 291 g/mol. The Morgan fingerprint density at radius 2 is 2.19 bits per heavy atom. The summed E-state index contributed by atoms with van der Waals surface area (Å²) in [5.74, 6) is 3.43. The lowest BCUT2D eigenvalue weighted by Crippen LogP contribution is -2.18. The second kappa shape index (κ2) is 9.37. The second-order valence-corrected chi connectivity index (χ2v) is 5.87. The summed E-state index contributed by atoms with van der Waals surface area (Å²) in [7, 11) is 1.64. The summed E-state index contributed by atoms with van der Waals surface area (Å²) < 4.78 is 5.32. The van der Waals surface area contributed by atoms with E-state index in [4.69, 9.17) is 4.74 Å². The van der Waals surface area contributed by atoms with E-state index < -0.39 is 0 Å². The molecule has 0 aliphatic heterocycles. The van der Waals surface area contributed by atoms with Crippen molar-refractivity contribution < 1.29 is 4.74 Å². The monoisotopic (exact) mass is 291 g/mol. The Balaban J connectivity index is 2.70. The molecule has 0 amide bonds. The Bertz CT molecular complexity index is 432. The SMILES string of the molecule is C=Cc1ncc(OC)c(NC[C@@H](CCCC)CC(C)C)n1. The van der Waals surface area contributed by atoms with E-state index in [1.807, 2.05) is 0 Å². The topological polar surface area (TPSA) is 47.0 Å². The molecule has 4 nitrogen and oxygen atoms in total. The van der Waals surface area contributed by atoms with Crippen LogP contribution in [0.25, 0.3) is 6.08 Å². The van der Waals surface area contributed by atoms with Gasteiger partial charge in [-0.05, 0) is 30.8 Å². The maximum Gasteiger partial charge on any atom is 0.179 e. The molecule has 0 radical (unpaired) electrons. The Labute approximate surface area is 129 Å². The van der Waals surface area contributed by atoms with E-state index in [0.717, 1.165) is 12.4 Å². The van der Waals surface area contributed by atoms with E-state index in [2.05, 4.69) is 42.6 Å². The summed E-state index contributed by atoms with van der Waals surface area (Å²) >= 11 is 0. The lowest BCUT2D eigenvalue weighted by Gasteiger charge is -2.20. The van der Waals surface area contributed by atoms with Crippen LogP contribution < -0.4 is 10.1 Å². The first-order chi connectivity index (χ1) is 10.1. The summed E-state index contributed by atoms with van der Waals surface area (Å²) in [5.41, 5.74) is 0. The third-order valence-corrected chi connectivity index (χ3v) is 3.51. The van der Waals surface area contributed by atoms with Gasteiger partial charge in [0.15, 0.2) is 17.4 Å². The minimum Gasteiger partial charge on any atom is -0.491 e. The Hall–Kier alpha value is -1.58. The number of nitrogens with one attached hydrogen (secondary N) is 1. The zero-order valence-corrected chi connectivity index (χ0v) is 13.9. The van der Waals surface area contributed by atoms with Gasteiger partial charge in [0.1, 0.15) is 0 Å². The molecule has 1 rings (SSSR count). The largest absolute Gasteiger partial charge is 0.491 e. The molecule has 0 fully saturated rings. The van der Waals surface area contributed by atoms with E-state index in [9.17, 15) is 0 Å². The van der Waals surface area contributed by atoms with Crippen molar-refractivity contribution in [2.24, 2.45) is 11.8 Å². The Morgan fingerprint density at radius 1 is 1.43 bits per heavy atom. The van der Waals surface area contributed by atoms with Gasteiger partial charge in [0, 0.05) is 6.54 Å². The van der Waals surface area contributed by atoms with Crippen LogP contribution in [0.3, 0.4) is 0 Å². The number of ether oxygens (including phenoxy) is 1. The molecule has 1 aromatic rings. The summed E-state index contributed by atoms with van der Waals surface area (Å²) in [6.45, 7) is 11.4. The van der Waals surface area contributed by atoms with E-state index >= 15 is 0 Å². The fourth-order valence-corrected chi connectivity index (χ4v) is 2.46. The van der Waals surface area contributed by atoms with Crippen molar-refractivity contribution in [2.45, 2.75) is 46.5 Å². The lowest BCUT2D eigenvalue weighted by atomic mass is 9.92. The Morgan fingerprint density at radius 3 is 2.76 bits per heavy atom. The van der Waals surface area contributed by atoms with Crippen LogP contribution in [-0.4, -0.2) is 23.6 Å². The number of methoxy groups -OCH3 is 1. The van der Waals surface area contributed by atoms with Gasteiger partial charge in [0.05, 0.1) is 13.3 Å². The van der Waals surface area contributed by atoms with Crippen LogP contribution in [0, 0.1) is 11.8 Å². The summed E-state index contributed by atoms with van der Waals surface area (Å²) in [6, 6.07) is 0. The molecule has 0 saturated carbocycles. The summed E-state index contributed by atoms with van der Waals surface area (Å²) in [5, 5.41) is 3.43. The number of unbranched alkanes of at least 4 members (excludes halogenated alkanes) is 1. The molecule has 4 heteroatoms. The predicted octanol–water partition coefficient (Wildman–Crippen LogP) is 4.39. The van der Waals surface area contributed by atoms with Crippen molar-refractivity contribution in [2.75, 3.05) is 19.0 Å². The van der Waals surface area contributed by atoms with Gasteiger partial charge in [0.2, 0.25) is 0 Å². The molecule has 1 N–H and O–H groups in total. The maximum absolute atomic E-state index is 5.32. The average Bonchev–Trinajstić information content (AvgIpc) is 2.49. The van der Waals surface area contributed by atoms with Crippen molar-refractivity contribution in [3.63, 3.8) is 0 Å². The number of anilines is 1. The maximum atomic E-state index is 5.32. The van der Waals surface area contributed by atoms with E-state index in [1.54, 1.807) is 19.4 Å². The molecule has 118 valence electrons. The minimum atomic E-state index is 0.618. The first-order valence-electron chi connectivity index (χ1n) is 7.88. The highest BCUT2D eigenvalue weighted by Gasteiger charge is 2.13. The van der Waals surface area contributed by atoms with Crippen LogP contribution in [-0.2, 0) is 0 Å². The van der Waals surface area contributed by atoms with Gasteiger partial charge >= 0.3 is 0 Å². The van der Waals surface area contributed by atoms with Crippen molar-refractivity contribution in [3.8, 4) is 5.75 Å². The van der Waals surface area contributed by atoms with Crippen LogP contribution in [0.4, 0.5) is 5.82 Å². The fourth-order valence-electron chi connectivity index (χ4n) is 2.46. The molecule has 0 spiro atoms. The van der Waals surface area contributed by atoms with Crippen molar-refractivity contribution in [1.29, 1.82) is 0 Å². The molecule has 0 bridgehead atoms. The molecule has 21 heavy (non-hydrogen) atoms. The molecule has 0 aromatic carbocycles. The normalized spacial score (nSPS) is 12.2. The van der Waals surface area contributed by atoms with Gasteiger partial charge in [-0.25, -0.2) is 9.97 Å². The smallest absolute Gasteiger partial charge is 0.179 e. The van der Waals surface area contributed by atoms with Crippen molar-refractivity contribution in [3.05, 3.63) is 18.6 Å². The highest BCUT2D eigenvalue weighted by Crippen LogP contribution is 2.23.